The van der Waals surface area contributed by atoms with Crippen molar-refractivity contribution in [3.63, 3.8) is 0 Å². The van der Waals surface area contributed by atoms with Gasteiger partial charge in [-0.2, -0.15) is 0 Å². The predicted molar refractivity (Wildman–Crippen MR) is 131 cm³/mol. The van der Waals surface area contributed by atoms with Gasteiger partial charge in [-0.3, -0.25) is 14.7 Å². The van der Waals surface area contributed by atoms with Crippen LogP contribution in [0.25, 0.3) is 0 Å². The first-order chi connectivity index (χ1) is 15.7. The first kappa shape index (κ1) is 24.4. The normalized spacial score (nSPS) is 17.8. The molecule has 0 N–H and O–H groups in total. The number of hydrogen-bond acceptors (Lipinski definition) is 7. The minimum Gasteiger partial charge on any atom is -0.493 e. The molecular formula is C24H33N3O4S. The fraction of sp³-hybridized carbons (Fsp3) is 0.500. The zero-order chi connectivity index (χ0) is 22.8. The van der Waals surface area contributed by atoms with Crippen molar-refractivity contribution in [1.82, 2.24) is 4.90 Å². The number of morpholine rings is 1. The largest absolute Gasteiger partial charge is 0.493 e. The van der Waals surface area contributed by atoms with Crippen molar-refractivity contribution in [2.45, 2.75) is 19.8 Å². The average molecular weight is 460 g/mol. The van der Waals surface area contributed by atoms with E-state index in [4.69, 9.17) is 14.2 Å². The molecule has 8 heteroatoms. The molecule has 2 aliphatic heterocycles. The van der Waals surface area contributed by atoms with E-state index in [1.807, 2.05) is 18.2 Å². The first-order valence-corrected chi connectivity index (χ1v) is 12.1. The van der Waals surface area contributed by atoms with Gasteiger partial charge in [0.2, 0.25) is 0 Å². The fourth-order valence-electron chi connectivity index (χ4n) is 3.64. The first-order valence-electron chi connectivity index (χ1n) is 11.1. The third-order valence-electron chi connectivity index (χ3n) is 5.42. The molecule has 174 valence electrons. The van der Waals surface area contributed by atoms with Gasteiger partial charge in [0.05, 0.1) is 30.9 Å². The van der Waals surface area contributed by atoms with Crippen LogP contribution in [0.2, 0.25) is 0 Å². The summed E-state index contributed by atoms with van der Waals surface area (Å²) in [7, 11) is 1.62. The summed E-state index contributed by atoms with van der Waals surface area (Å²) >= 11 is 1.51. The van der Waals surface area contributed by atoms with Crippen LogP contribution < -0.4 is 14.4 Å². The molecule has 3 rings (SSSR count). The van der Waals surface area contributed by atoms with Gasteiger partial charge in [0.1, 0.15) is 6.61 Å². The zero-order valence-electron chi connectivity index (χ0n) is 19.0. The van der Waals surface area contributed by atoms with Crippen LogP contribution in [0.4, 0.5) is 5.69 Å². The number of thioether (sulfide) groups is 1. The van der Waals surface area contributed by atoms with Crippen LogP contribution in [0.3, 0.4) is 0 Å². The van der Waals surface area contributed by atoms with E-state index in [1.54, 1.807) is 12.0 Å². The Balaban J connectivity index is 1.67. The topological polar surface area (TPSA) is 63.6 Å². The van der Waals surface area contributed by atoms with E-state index in [0.29, 0.717) is 36.0 Å². The Labute approximate surface area is 195 Å². The molecule has 0 bridgehead atoms. The van der Waals surface area contributed by atoms with Gasteiger partial charge >= 0.3 is 0 Å². The van der Waals surface area contributed by atoms with Crippen molar-refractivity contribution in [2.24, 2.45) is 4.99 Å². The Kier molecular flexibility index (Phi) is 9.64. The summed E-state index contributed by atoms with van der Waals surface area (Å²) in [6, 6.07) is 5.66. The van der Waals surface area contributed by atoms with Crippen molar-refractivity contribution in [3.05, 3.63) is 41.0 Å². The van der Waals surface area contributed by atoms with Crippen molar-refractivity contribution < 1.29 is 19.0 Å². The number of carbonyl (C=O) groups is 1. The monoisotopic (exact) mass is 459 g/mol. The summed E-state index contributed by atoms with van der Waals surface area (Å²) in [5.41, 5.74) is 1.56. The molecule has 0 aromatic heterocycles. The Morgan fingerprint density at radius 2 is 2.03 bits per heavy atom. The van der Waals surface area contributed by atoms with Gasteiger partial charge < -0.3 is 19.1 Å². The van der Waals surface area contributed by atoms with E-state index < -0.39 is 0 Å². The van der Waals surface area contributed by atoms with E-state index >= 15 is 0 Å². The van der Waals surface area contributed by atoms with Gasteiger partial charge in [-0.05, 0) is 25.3 Å². The molecule has 2 aliphatic rings. The molecule has 32 heavy (non-hydrogen) atoms. The Bertz CT molecular complexity index is 850. The molecule has 1 saturated heterocycles. The summed E-state index contributed by atoms with van der Waals surface area (Å²) in [5.74, 6) is 1.99. The molecule has 0 saturated carbocycles. The molecule has 1 aromatic rings. The van der Waals surface area contributed by atoms with Crippen molar-refractivity contribution in [1.29, 1.82) is 0 Å². The van der Waals surface area contributed by atoms with Crippen LogP contribution in [-0.2, 0) is 9.53 Å². The third-order valence-corrected chi connectivity index (χ3v) is 6.48. The third kappa shape index (κ3) is 6.37. The highest BCUT2D eigenvalue weighted by Crippen LogP contribution is 2.36. The Hall–Kier alpha value is -2.29. The molecule has 0 spiro atoms. The van der Waals surface area contributed by atoms with Crippen molar-refractivity contribution in [2.75, 3.05) is 63.8 Å². The number of methoxy groups -OCH3 is 1. The molecule has 1 amide bonds. The number of rotatable bonds is 11. The number of hydrogen-bond donors (Lipinski definition) is 0. The number of nitrogens with zero attached hydrogens (tertiary/aromatic N) is 3. The highest BCUT2D eigenvalue weighted by Gasteiger charge is 2.28. The summed E-state index contributed by atoms with van der Waals surface area (Å²) in [4.78, 5) is 22.1. The van der Waals surface area contributed by atoms with Crippen LogP contribution in [-0.4, -0.2) is 76.4 Å². The van der Waals surface area contributed by atoms with Crippen LogP contribution in [0, 0.1) is 0 Å². The summed E-state index contributed by atoms with van der Waals surface area (Å²) in [6.45, 7) is 11.1. The van der Waals surface area contributed by atoms with Gasteiger partial charge in [0.15, 0.2) is 11.5 Å². The smallest absolute Gasteiger partial charge is 0.266 e. The van der Waals surface area contributed by atoms with Gasteiger partial charge in [0.25, 0.3) is 5.91 Å². The molecule has 0 unspecified atom stereocenters. The van der Waals surface area contributed by atoms with Crippen molar-refractivity contribution >= 4 is 30.1 Å². The van der Waals surface area contributed by atoms with Crippen molar-refractivity contribution in [3.8, 4) is 11.5 Å². The van der Waals surface area contributed by atoms with Crippen LogP contribution >= 0.6 is 11.8 Å². The number of ether oxygens (including phenoxy) is 3. The lowest BCUT2D eigenvalue weighted by molar-refractivity contribution is -0.114. The lowest BCUT2D eigenvalue weighted by atomic mass is 10.1. The van der Waals surface area contributed by atoms with Crippen LogP contribution in [0.1, 0.15) is 19.8 Å². The van der Waals surface area contributed by atoms with Gasteiger partial charge in [0, 0.05) is 50.1 Å². The second-order valence-electron chi connectivity index (χ2n) is 7.47. The quantitative estimate of drug-likeness (QED) is 0.371. The fourth-order valence-corrected chi connectivity index (χ4v) is 4.61. The number of anilines is 1. The highest BCUT2D eigenvalue weighted by molar-refractivity contribution is 8.04. The van der Waals surface area contributed by atoms with E-state index in [2.05, 4.69) is 35.7 Å². The number of benzene rings is 1. The summed E-state index contributed by atoms with van der Waals surface area (Å²) in [6.07, 6.45) is 5.83. The summed E-state index contributed by atoms with van der Waals surface area (Å²) in [5, 5.41) is 0. The minimum absolute atomic E-state index is 0.0448. The van der Waals surface area contributed by atoms with Gasteiger partial charge in [-0.1, -0.05) is 19.1 Å². The predicted octanol–water partition coefficient (Wildman–Crippen LogP) is 3.75. The lowest BCUT2D eigenvalue weighted by Gasteiger charge is -2.29. The SMILES string of the molecule is C=NC1=C(SC/C=C/CC)C(=O)N(c2ccc(OCCN3CCOCC3)c(OC)c2)CC1. The maximum Gasteiger partial charge on any atom is 0.266 e. The number of carbonyl (C=O) groups excluding carboxylic acids is 1. The second-order valence-corrected chi connectivity index (χ2v) is 8.50. The molecule has 0 aliphatic carbocycles. The van der Waals surface area contributed by atoms with Crippen LogP contribution in [0.5, 0.6) is 11.5 Å². The molecule has 2 heterocycles. The molecular weight excluding hydrogens is 426 g/mol. The minimum atomic E-state index is -0.0448. The number of amides is 1. The highest BCUT2D eigenvalue weighted by atomic mass is 32.2. The summed E-state index contributed by atoms with van der Waals surface area (Å²) < 4.78 is 16.9. The standard InChI is InChI=1S/C24H33N3O4S/c1-4-5-6-17-32-23-20(25-2)9-10-27(24(23)28)19-7-8-21(22(18-19)29-3)31-16-13-26-11-14-30-15-12-26/h5-8,18H,2,4,9-17H2,1,3H3/b6-5+. The average Bonchev–Trinajstić information content (AvgIpc) is 2.83. The van der Waals surface area contributed by atoms with E-state index in [1.165, 1.54) is 11.8 Å². The molecule has 0 atom stereocenters. The molecule has 1 fully saturated rings. The zero-order valence-corrected chi connectivity index (χ0v) is 19.9. The lowest BCUT2D eigenvalue weighted by Crippen LogP contribution is -2.38. The maximum atomic E-state index is 13.2. The molecule has 7 nitrogen and oxygen atoms in total. The van der Waals surface area contributed by atoms with Crippen LogP contribution in [0.15, 0.2) is 45.9 Å². The molecule has 0 radical (unpaired) electrons. The molecule has 1 aromatic carbocycles. The van der Waals surface area contributed by atoms with E-state index in [-0.39, 0.29) is 5.91 Å². The van der Waals surface area contributed by atoms with E-state index in [0.717, 1.165) is 56.4 Å². The Morgan fingerprint density at radius 3 is 2.75 bits per heavy atom. The maximum absolute atomic E-state index is 13.2. The number of aliphatic imine (C=N–C) groups is 1. The van der Waals surface area contributed by atoms with Gasteiger partial charge in [-0.25, -0.2) is 0 Å². The Morgan fingerprint density at radius 1 is 1.22 bits per heavy atom. The second kappa shape index (κ2) is 12.7. The number of allylic oxidation sites excluding steroid dienone is 1. The van der Waals surface area contributed by atoms with Gasteiger partial charge in [-0.15, -0.1) is 11.8 Å². The van der Waals surface area contributed by atoms with E-state index in [9.17, 15) is 4.79 Å².